The SMILES string of the molecule is CCCCCC(O)CCC1C(O)CC2OC(=O)CCCC=CCC21. The fraction of sp³-hybridized carbons (Fsp3) is 0.850. The standard InChI is InChI=1S/C20H34O4/c1-2-3-6-9-15(21)12-13-16-17-10-7-4-5-8-11-20(23)24-19(17)14-18(16)22/h4,7,15-19,21-22H,2-3,5-6,8-14H2,1H3. The number of ether oxygens (including phenoxy) is 1. The highest BCUT2D eigenvalue weighted by molar-refractivity contribution is 5.69. The Morgan fingerprint density at radius 3 is 2.92 bits per heavy atom. The van der Waals surface area contributed by atoms with E-state index in [1.807, 2.05) is 0 Å². The molecule has 2 aliphatic rings. The molecule has 5 atom stereocenters. The number of aliphatic hydroxyl groups is 2. The van der Waals surface area contributed by atoms with Crippen LogP contribution in [0.15, 0.2) is 12.2 Å². The van der Waals surface area contributed by atoms with Gasteiger partial charge in [-0.1, -0.05) is 38.3 Å². The van der Waals surface area contributed by atoms with Crippen LogP contribution in [0.4, 0.5) is 0 Å². The molecular weight excluding hydrogens is 304 g/mol. The molecule has 2 rings (SSSR count). The normalized spacial score (nSPS) is 32.2. The van der Waals surface area contributed by atoms with Crippen molar-refractivity contribution in [2.75, 3.05) is 0 Å². The van der Waals surface area contributed by atoms with E-state index in [1.165, 1.54) is 0 Å². The Labute approximate surface area is 146 Å². The minimum Gasteiger partial charge on any atom is -0.462 e. The highest BCUT2D eigenvalue weighted by Crippen LogP contribution is 2.40. The molecule has 0 amide bonds. The summed E-state index contributed by atoms with van der Waals surface area (Å²) in [5.41, 5.74) is 0. The second kappa shape index (κ2) is 10.2. The van der Waals surface area contributed by atoms with Crippen LogP contribution in [0.5, 0.6) is 0 Å². The summed E-state index contributed by atoms with van der Waals surface area (Å²) in [6.45, 7) is 2.16. The van der Waals surface area contributed by atoms with Gasteiger partial charge in [0.05, 0.1) is 12.2 Å². The average molecular weight is 338 g/mol. The van der Waals surface area contributed by atoms with E-state index in [9.17, 15) is 15.0 Å². The van der Waals surface area contributed by atoms with Gasteiger partial charge in [0.1, 0.15) is 6.10 Å². The fourth-order valence-electron chi connectivity index (χ4n) is 4.14. The van der Waals surface area contributed by atoms with Crippen molar-refractivity contribution in [2.45, 2.75) is 95.9 Å². The number of aliphatic hydroxyl groups excluding tert-OH is 2. The van der Waals surface area contributed by atoms with E-state index in [0.29, 0.717) is 12.8 Å². The van der Waals surface area contributed by atoms with E-state index < -0.39 is 6.10 Å². The van der Waals surface area contributed by atoms with Crippen molar-refractivity contribution >= 4 is 5.97 Å². The van der Waals surface area contributed by atoms with Crippen LogP contribution in [0.3, 0.4) is 0 Å². The van der Waals surface area contributed by atoms with Gasteiger partial charge in [-0.3, -0.25) is 4.79 Å². The molecule has 4 nitrogen and oxygen atoms in total. The van der Waals surface area contributed by atoms with Crippen molar-refractivity contribution in [2.24, 2.45) is 11.8 Å². The molecule has 1 saturated carbocycles. The lowest BCUT2D eigenvalue weighted by Crippen LogP contribution is -2.26. The number of rotatable bonds is 7. The molecule has 0 aromatic heterocycles. The van der Waals surface area contributed by atoms with Crippen molar-refractivity contribution in [1.82, 2.24) is 0 Å². The average Bonchev–Trinajstić information content (AvgIpc) is 2.84. The Bertz CT molecular complexity index is 406. The number of hydrogen-bond acceptors (Lipinski definition) is 4. The quantitative estimate of drug-likeness (QED) is 0.421. The van der Waals surface area contributed by atoms with Crippen LogP contribution in [0, 0.1) is 11.8 Å². The van der Waals surface area contributed by atoms with Gasteiger partial charge in [-0.15, -0.1) is 0 Å². The minimum absolute atomic E-state index is 0.118. The summed E-state index contributed by atoms with van der Waals surface area (Å²) in [4.78, 5) is 11.9. The van der Waals surface area contributed by atoms with E-state index in [2.05, 4.69) is 19.1 Å². The highest BCUT2D eigenvalue weighted by atomic mass is 16.5. The van der Waals surface area contributed by atoms with Gasteiger partial charge < -0.3 is 14.9 Å². The summed E-state index contributed by atoms with van der Waals surface area (Å²) < 4.78 is 5.64. The minimum atomic E-state index is -0.426. The van der Waals surface area contributed by atoms with Gasteiger partial charge >= 0.3 is 5.97 Å². The number of carbonyl (C=O) groups excluding carboxylic acids is 1. The molecule has 2 N–H and O–H groups in total. The maximum absolute atomic E-state index is 11.9. The van der Waals surface area contributed by atoms with Gasteiger partial charge in [0.15, 0.2) is 0 Å². The predicted octanol–water partition coefficient (Wildman–Crippen LogP) is 3.75. The van der Waals surface area contributed by atoms with Crippen LogP contribution >= 0.6 is 0 Å². The molecular formula is C20H34O4. The first-order valence-electron chi connectivity index (χ1n) is 9.82. The van der Waals surface area contributed by atoms with Crippen molar-refractivity contribution < 1.29 is 19.7 Å². The summed E-state index contributed by atoms with van der Waals surface area (Å²) in [6, 6.07) is 0. The van der Waals surface area contributed by atoms with Crippen LogP contribution in [0.25, 0.3) is 0 Å². The van der Waals surface area contributed by atoms with E-state index in [4.69, 9.17) is 4.74 Å². The van der Waals surface area contributed by atoms with Crippen molar-refractivity contribution in [3.63, 3.8) is 0 Å². The molecule has 138 valence electrons. The van der Waals surface area contributed by atoms with Crippen LogP contribution in [-0.4, -0.2) is 34.5 Å². The van der Waals surface area contributed by atoms with E-state index >= 15 is 0 Å². The molecule has 24 heavy (non-hydrogen) atoms. The first-order chi connectivity index (χ1) is 11.6. The highest BCUT2D eigenvalue weighted by Gasteiger charge is 2.43. The molecule has 0 aromatic rings. The molecule has 0 spiro atoms. The topological polar surface area (TPSA) is 66.8 Å². The van der Waals surface area contributed by atoms with Gasteiger partial charge in [-0.05, 0) is 44.4 Å². The summed E-state index contributed by atoms with van der Waals surface area (Å²) in [5.74, 6) is 0.168. The molecule has 5 unspecified atom stereocenters. The third-order valence-corrected chi connectivity index (χ3v) is 5.58. The Morgan fingerprint density at radius 1 is 1.29 bits per heavy atom. The number of carbonyl (C=O) groups is 1. The lowest BCUT2D eigenvalue weighted by molar-refractivity contribution is -0.151. The zero-order valence-electron chi connectivity index (χ0n) is 15.0. The number of esters is 1. The van der Waals surface area contributed by atoms with Crippen LogP contribution in [0.2, 0.25) is 0 Å². The Kier molecular flexibility index (Phi) is 8.26. The number of hydrogen-bond donors (Lipinski definition) is 2. The second-order valence-corrected chi connectivity index (χ2v) is 7.49. The van der Waals surface area contributed by atoms with E-state index in [-0.39, 0.29) is 30.0 Å². The first-order valence-corrected chi connectivity index (χ1v) is 9.82. The second-order valence-electron chi connectivity index (χ2n) is 7.49. The molecule has 1 fully saturated rings. The lowest BCUT2D eigenvalue weighted by atomic mass is 9.85. The van der Waals surface area contributed by atoms with Crippen molar-refractivity contribution in [1.29, 1.82) is 0 Å². The molecule has 0 bridgehead atoms. The van der Waals surface area contributed by atoms with Crippen LogP contribution < -0.4 is 0 Å². The van der Waals surface area contributed by atoms with Crippen molar-refractivity contribution in [3.05, 3.63) is 12.2 Å². The molecule has 1 aliphatic carbocycles. The van der Waals surface area contributed by atoms with Gasteiger partial charge in [0.25, 0.3) is 0 Å². The third kappa shape index (κ3) is 5.89. The van der Waals surface area contributed by atoms with E-state index in [0.717, 1.165) is 57.8 Å². The lowest BCUT2D eigenvalue weighted by Gasteiger charge is -2.25. The van der Waals surface area contributed by atoms with Gasteiger partial charge in [0.2, 0.25) is 0 Å². The molecule has 0 aromatic carbocycles. The smallest absolute Gasteiger partial charge is 0.306 e. The summed E-state index contributed by atoms with van der Waals surface area (Å²) in [6.07, 6.45) is 12.8. The maximum Gasteiger partial charge on any atom is 0.306 e. The maximum atomic E-state index is 11.9. The monoisotopic (exact) mass is 338 g/mol. The van der Waals surface area contributed by atoms with Gasteiger partial charge in [-0.2, -0.15) is 0 Å². The zero-order valence-corrected chi connectivity index (χ0v) is 15.0. The van der Waals surface area contributed by atoms with Gasteiger partial charge in [-0.25, -0.2) is 0 Å². The van der Waals surface area contributed by atoms with E-state index in [1.54, 1.807) is 0 Å². The summed E-state index contributed by atoms with van der Waals surface area (Å²) in [5, 5.41) is 20.6. The molecule has 4 heteroatoms. The summed E-state index contributed by atoms with van der Waals surface area (Å²) in [7, 11) is 0. The van der Waals surface area contributed by atoms with Gasteiger partial charge in [0, 0.05) is 18.8 Å². The fourth-order valence-corrected chi connectivity index (χ4v) is 4.14. The number of unbranched alkanes of at least 4 members (excludes halogenated alkanes) is 2. The number of allylic oxidation sites excluding steroid dienone is 2. The largest absolute Gasteiger partial charge is 0.462 e. The predicted molar refractivity (Wildman–Crippen MR) is 94.5 cm³/mol. The molecule has 0 radical (unpaired) electrons. The number of fused-ring (bicyclic) bond motifs is 1. The molecule has 1 aliphatic heterocycles. The molecule has 1 heterocycles. The Morgan fingerprint density at radius 2 is 2.12 bits per heavy atom. The Hall–Kier alpha value is -0.870. The third-order valence-electron chi connectivity index (χ3n) is 5.58. The van der Waals surface area contributed by atoms with Crippen LogP contribution in [-0.2, 0) is 9.53 Å². The Balaban J connectivity index is 1.90. The first kappa shape index (κ1) is 19.5. The van der Waals surface area contributed by atoms with Crippen molar-refractivity contribution in [3.8, 4) is 0 Å². The van der Waals surface area contributed by atoms with Crippen LogP contribution in [0.1, 0.15) is 77.6 Å². The molecule has 0 saturated heterocycles. The zero-order chi connectivity index (χ0) is 17.4. The summed E-state index contributed by atoms with van der Waals surface area (Å²) >= 11 is 0.